The van der Waals surface area contributed by atoms with E-state index in [1.54, 1.807) is 12.1 Å². The van der Waals surface area contributed by atoms with E-state index in [-0.39, 0.29) is 5.82 Å². The van der Waals surface area contributed by atoms with E-state index in [0.29, 0.717) is 19.7 Å². The van der Waals surface area contributed by atoms with Crippen LogP contribution >= 0.6 is 0 Å². The Balaban J connectivity index is 1.46. The van der Waals surface area contributed by atoms with Crippen LogP contribution in [-0.4, -0.2) is 63.4 Å². The molecule has 3 rings (SSSR count). The van der Waals surface area contributed by atoms with E-state index in [2.05, 4.69) is 26.6 Å². The fourth-order valence-corrected chi connectivity index (χ4v) is 3.38. The van der Waals surface area contributed by atoms with Gasteiger partial charge in [-0.3, -0.25) is 4.90 Å². The van der Waals surface area contributed by atoms with Crippen LogP contribution in [0.25, 0.3) is 0 Å². The van der Waals surface area contributed by atoms with E-state index in [0.717, 1.165) is 68.6 Å². The lowest BCUT2D eigenvalue weighted by Gasteiger charge is -2.26. The van der Waals surface area contributed by atoms with Gasteiger partial charge < -0.3 is 20.1 Å². The molecule has 6 nitrogen and oxygen atoms in total. The van der Waals surface area contributed by atoms with Crippen molar-refractivity contribution < 1.29 is 13.9 Å². The summed E-state index contributed by atoms with van der Waals surface area (Å²) in [4.78, 5) is 7.03. The molecular weight excluding hydrogens is 395 g/mol. The van der Waals surface area contributed by atoms with Crippen molar-refractivity contribution in [2.75, 3.05) is 52.5 Å². The van der Waals surface area contributed by atoms with Gasteiger partial charge in [0.05, 0.1) is 19.8 Å². The van der Waals surface area contributed by atoms with Crippen molar-refractivity contribution in [3.05, 3.63) is 65.5 Å². The Morgan fingerprint density at radius 1 is 1.10 bits per heavy atom. The Morgan fingerprint density at radius 3 is 2.71 bits per heavy atom. The molecule has 1 heterocycles. The molecule has 2 N–H and O–H groups in total. The van der Waals surface area contributed by atoms with Crippen molar-refractivity contribution in [1.29, 1.82) is 0 Å². The number of guanidine groups is 1. The SMILES string of the molecule is CCNC(=NCc1cccc(OCCN2CCOCC2)c1)NCCc1cccc(F)c1. The third-order valence-corrected chi connectivity index (χ3v) is 5.04. The lowest BCUT2D eigenvalue weighted by Crippen LogP contribution is -2.38. The molecule has 0 radical (unpaired) electrons. The van der Waals surface area contributed by atoms with Crippen molar-refractivity contribution in [2.24, 2.45) is 4.99 Å². The van der Waals surface area contributed by atoms with E-state index < -0.39 is 0 Å². The summed E-state index contributed by atoms with van der Waals surface area (Å²) in [5.74, 6) is 1.41. The Kier molecular flexibility index (Phi) is 9.60. The molecule has 1 saturated heterocycles. The number of benzene rings is 2. The minimum atomic E-state index is -0.204. The second kappa shape index (κ2) is 12.9. The summed E-state index contributed by atoms with van der Waals surface area (Å²) in [6.07, 6.45) is 0.731. The van der Waals surface area contributed by atoms with Gasteiger partial charge in [0.25, 0.3) is 0 Å². The minimum absolute atomic E-state index is 0.204. The normalized spacial score (nSPS) is 15.0. The van der Waals surface area contributed by atoms with Crippen molar-refractivity contribution in [1.82, 2.24) is 15.5 Å². The Hall–Kier alpha value is -2.64. The van der Waals surface area contributed by atoms with Gasteiger partial charge in [-0.1, -0.05) is 24.3 Å². The zero-order chi connectivity index (χ0) is 21.7. The maximum atomic E-state index is 13.3. The smallest absolute Gasteiger partial charge is 0.191 e. The fourth-order valence-electron chi connectivity index (χ4n) is 3.38. The number of morpholine rings is 1. The molecule has 0 unspecified atom stereocenters. The first kappa shape index (κ1) is 23.0. The Morgan fingerprint density at radius 2 is 1.90 bits per heavy atom. The Labute approximate surface area is 184 Å². The highest BCUT2D eigenvalue weighted by atomic mass is 19.1. The van der Waals surface area contributed by atoms with Crippen LogP contribution < -0.4 is 15.4 Å². The van der Waals surface area contributed by atoms with E-state index in [4.69, 9.17) is 9.47 Å². The van der Waals surface area contributed by atoms with Gasteiger partial charge in [-0.15, -0.1) is 0 Å². The second-order valence-corrected chi connectivity index (χ2v) is 7.45. The molecule has 2 aromatic carbocycles. The number of rotatable bonds is 10. The highest BCUT2D eigenvalue weighted by Gasteiger charge is 2.09. The topological polar surface area (TPSA) is 58.1 Å². The lowest BCUT2D eigenvalue weighted by atomic mass is 10.1. The van der Waals surface area contributed by atoms with Gasteiger partial charge in [0.15, 0.2) is 5.96 Å². The first-order chi connectivity index (χ1) is 15.2. The number of hydrogen-bond donors (Lipinski definition) is 2. The summed E-state index contributed by atoms with van der Waals surface area (Å²) in [7, 11) is 0. The molecule has 0 spiro atoms. The first-order valence-corrected chi connectivity index (χ1v) is 11.0. The molecule has 0 aliphatic carbocycles. The van der Waals surface area contributed by atoms with Gasteiger partial charge in [0.2, 0.25) is 0 Å². The Bertz CT molecular complexity index is 825. The average molecular weight is 429 g/mol. The van der Waals surface area contributed by atoms with Crippen molar-refractivity contribution in [3.63, 3.8) is 0 Å². The molecule has 0 aromatic heterocycles. The van der Waals surface area contributed by atoms with Crippen molar-refractivity contribution in [2.45, 2.75) is 19.9 Å². The minimum Gasteiger partial charge on any atom is -0.492 e. The molecular formula is C24H33FN4O2. The lowest BCUT2D eigenvalue weighted by molar-refractivity contribution is 0.0322. The second-order valence-electron chi connectivity index (χ2n) is 7.45. The van der Waals surface area contributed by atoms with Gasteiger partial charge in [-0.2, -0.15) is 0 Å². The van der Waals surface area contributed by atoms with Crippen LogP contribution in [0.5, 0.6) is 5.75 Å². The maximum Gasteiger partial charge on any atom is 0.191 e. The largest absolute Gasteiger partial charge is 0.492 e. The van der Waals surface area contributed by atoms with E-state index in [9.17, 15) is 4.39 Å². The maximum absolute atomic E-state index is 13.3. The van der Waals surface area contributed by atoms with Crippen molar-refractivity contribution in [3.8, 4) is 5.75 Å². The van der Waals surface area contributed by atoms with Gasteiger partial charge in [0, 0.05) is 32.7 Å². The zero-order valence-corrected chi connectivity index (χ0v) is 18.3. The highest BCUT2D eigenvalue weighted by molar-refractivity contribution is 5.79. The monoisotopic (exact) mass is 428 g/mol. The molecule has 1 aliphatic rings. The van der Waals surface area contributed by atoms with Gasteiger partial charge >= 0.3 is 0 Å². The van der Waals surface area contributed by atoms with E-state index in [1.165, 1.54) is 6.07 Å². The fraction of sp³-hybridized carbons (Fsp3) is 0.458. The number of aliphatic imine (C=N–C) groups is 1. The summed E-state index contributed by atoms with van der Waals surface area (Å²) in [6.45, 7) is 9.16. The molecule has 31 heavy (non-hydrogen) atoms. The van der Waals surface area contributed by atoms with Crippen LogP contribution in [0.4, 0.5) is 4.39 Å². The first-order valence-electron chi connectivity index (χ1n) is 11.0. The standard InChI is InChI=1S/C24H33FN4O2/c1-2-26-24(27-10-9-20-5-3-7-22(25)17-20)28-19-21-6-4-8-23(18-21)31-16-13-29-11-14-30-15-12-29/h3-8,17-18H,2,9-16,19H2,1H3,(H2,26,27,28). The number of nitrogens with zero attached hydrogens (tertiary/aromatic N) is 2. The number of hydrogen-bond acceptors (Lipinski definition) is 4. The summed E-state index contributed by atoms with van der Waals surface area (Å²) in [5, 5.41) is 6.57. The van der Waals surface area contributed by atoms with Crippen LogP contribution in [0.15, 0.2) is 53.5 Å². The summed E-state index contributed by atoms with van der Waals surface area (Å²) >= 11 is 0. The molecule has 2 aromatic rings. The molecule has 7 heteroatoms. The van der Waals surface area contributed by atoms with Crippen LogP contribution in [-0.2, 0) is 17.7 Å². The molecule has 0 saturated carbocycles. The average Bonchev–Trinajstić information content (AvgIpc) is 2.79. The predicted octanol–water partition coefficient (Wildman–Crippen LogP) is 2.83. The van der Waals surface area contributed by atoms with Crippen molar-refractivity contribution >= 4 is 5.96 Å². The summed E-state index contributed by atoms with van der Waals surface area (Å²) < 4.78 is 24.6. The third kappa shape index (κ3) is 8.55. The van der Waals surface area contributed by atoms with Crippen LogP contribution in [0.1, 0.15) is 18.1 Å². The number of ether oxygens (including phenoxy) is 2. The van der Waals surface area contributed by atoms with E-state index in [1.807, 2.05) is 31.2 Å². The molecule has 1 fully saturated rings. The quantitative estimate of drug-likeness (QED) is 0.450. The molecule has 168 valence electrons. The number of halogens is 1. The molecule has 0 atom stereocenters. The zero-order valence-electron chi connectivity index (χ0n) is 18.3. The molecule has 0 bridgehead atoms. The molecule has 0 amide bonds. The van der Waals surface area contributed by atoms with Crippen LogP contribution in [0, 0.1) is 5.82 Å². The molecule has 1 aliphatic heterocycles. The summed E-state index contributed by atoms with van der Waals surface area (Å²) in [5.41, 5.74) is 2.05. The van der Waals surface area contributed by atoms with Gasteiger partial charge in [0.1, 0.15) is 18.2 Å². The predicted molar refractivity (Wildman–Crippen MR) is 122 cm³/mol. The van der Waals surface area contributed by atoms with Crippen LogP contribution in [0.2, 0.25) is 0 Å². The van der Waals surface area contributed by atoms with Gasteiger partial charge in [-0.05, 0) is 48.7 Å². The summed E-state index contributed by atoms with van der Waals surface area (Å²) in [6, 6.07) is 14.8. The number of nitrogens with one attached hydrogen (secondary N) is 2. The third-order valence-electron chi connectivity index (χ3n) is 5.04. The van der Waals surface area contributed by atoms with Crippen LogP contribution in [0.3, 0.4) is 0 Å². The van der Waals surface area contributed by atoms with E-state index >= 15 is 0 Å². The van der Waals surface area contributed by atoms with Gasteiger partial charge in [-0.25, -0.2) is 9.38 Å². The highest BCUT2D eigenvalue weighted by Crippen LogP contribution is 2.14.